The molecule has 1 saturated heterocycles. The van der Waals surface area contributed by atoms with Crippen molar-refractivity contribution in [3.63, 3.8) is 0 Å². The van der Waals surface area contributed by atoms with E-state index in [9.17, 15) is 5.11 Å². The molecule has 35 heavy (non-hydrogen) atoms. The Kier molecular flexibility index (Phi) is 6.09. The van der Waals surface area contributed by atoms with Gasteiger partial charge in [-0.3, -0.25) is 0 Å². The summed E-state index contributed by atoms with van der Waals surface area (Å²) in [7, 11) is 0. The fraction of sp³-hybridized carbons (Fsp3) is 0.226. The Bertz CT molecular complexity index is 1440. The molecule has 4 nitrogen and oxygen atoms in total. The predicted octanol–water partition coefficient (Wildman–Crippen LogP) is 4.40. The summed E-state index contributed by atoms with van der Waals surface area (Å²) in [6.45, 7) is 4.72. The summed E-state index contributed by atoms with van der Waals surface area (Å²) in [5, 5.41) is 15.0. The maximum Gasteiger partial charge on any atom is 0.121 e. The second-order valence-corrected chi connectivity index (χ2v) is 9.47. The van der Waals surface area contributed by atoms with Crippen LogP contribution in [0.1, 0.15) is 0 Å². The molecule has 1 atom stereocenters. The van der Waals surface area contributed by atoms with E-state index in [2.05, 4.69) is 102 Å². The Morgan fingerprint density at radius 3 is 2.14 bits per heavy atom. The van der Waals surface area contributed by atoms with E-state index in [0.29, 0.717) is 6.54 Å². The van der Waals surface area contributed by atoms with Crippen LogP contribution in [0.5, 0.6) is 0 Å². The molecule has 1 fully saturated rings. The highest BCUT2D eigenvalue weighted by Gasteiger charge is 2.25. The number of rotatable bonds is 6. The third kappa shape index (κ3) is 4.25. The summed E-state index contributed by atoms with van der Waals surface area (Å²) in [5.41, 5.74) is 5.94. The number of ether oxygens (including phenoxy) is 1. The van der Waals surface area contributed by atoms with Gasteiger partial charge in [-0.1, -0.05) is 97.1 Å². The molecule has 1 aliphatic rings. The third-order valence-corrected chi connectivity index (χ3v) is 7.17. The standard InChI is InChI=1S/C31H30N2O2/c34-26(21-32-17-19-35-20-18-32)22-33-30(25-12-5-2-6-13-25)29(24-10-3-1-4-11-24)28-16-15-23-9-7-8-14-27(23)31(28)33/h1-16,26,34H,17-22H2/p+1/t26-/m1/s1. The van der Waals surface area contributed by atoms with Crippen molar-refractivity contribution >= 4 is 21.7 Å². The summed E-state index contributed by atoms with van der Waals surface area (Å²) >= 11 is 0. The van der Waals surface area contributed by atoms with Gasteiger partial charge in [-0.05, 0) is 16.5 Å². The molecule has 4 heteroatoms. The fourth-order valence-corrected chi connectivity index (χ4v) is 5.57. The van der Waals surface area contributed by atoms with Crippen molar-refractivity contribution in [2.45, 2.75) is 12.6 Å². The van der Waals surface area contributed by atoms with Crippen molar-refractivity contribution in [2.24, 2.45) is 0 Å². The summed E-state index contributed by atoms with van der Waals surface area (Å²) in [4.78, 5) is 1.41. The van der Waals surface area contributed by atoms with E-state index in [0.717, 1.165) is 38.4 Å². The molecule has 1 aliphatic heterocycles. The van der Waals surface area contributed by atoms with Crippen molar-refractivity contribution in [3.05, 3.63) is 97.1 Å². The summed E-state index contributed by atoms with van der Waals surface area (Å²) in [6.07, 6.45) is -0.455. The molecule has 176 valence electrons. The van der Waals surface area contributed by atoms with Gasteiger partial charge in [0.15, 0.2) is 0 Å². The second-order valence-electron chi connectivity index (χ2n) is 9.47. The van der Waals surface area contributed by atoms with Crippen LogP contribution in [0.2, 0.25) is 0 Å². The number of aliphatic hydroxyl groups excluding tert-OH is 1. The monoisotopic (exact) mass is 463 g/mol. The minimum atomic E-state index is -0.455. The zero-order valence-corrected chi connectivity index (χ0v) is 19.9. The van der Waals surface area contributed by atoms with Crippen LogP contribution in [-0.2, 0) is 11.3 Å². The molecular formula is C31H31N2O2+. The number of hydrogen-bond acceptors (Lipinski definition) is 2. The Labute approximate surface area is 206 Å². The summed E-state index contributed by atoms with van der Waals surface area (Å²) < 4.78 is 7.90. The number of quaternary nitrogens is 1. The van der Waals surface area contributed by atoms with Crippen LogP contribution in [0.4, 0.5) is 0 Å². The number of aromatic nitrogens is 1. The number of morpholine rings is 1. The van der Waals surface area contributed by atoms with Gasteiger partial charge in [0.25, 0.3) is 0 Å². The van der Waals surface area contributed by atoms with Gasteiger partial charge in [0.05, 0.1) is 31.0 Å². The number of hydrogen-bond donors (Lipinski definition) is 2. The minimum Gasteiger partial charge on any atom is -0.385 e. The lowest BCUT2D eigenvalue weighted by Gasteiger charge is -2.26. The molecule has 5 aromatic rings. The van der Waals surface area contributed by atoms with E-state index in [1.54, 1.807) is 0 Å². The maximum absolute atomic E-state index is 11.4. The van der Waals surface area contributed by atoms with Gasteiger partial charge < -0.3 is 19.3 Å². The molecule has 0 spiro atoms. The Morgan fingerprint density at radius 1 is 0.743 bits per heavy atom. The summed E-state index contributed by atoms with van der Waals surface area (Å²) in [5.74, 6) is 0. The Morgan fingerprint density at radius 2 is 1.40 bits per heavy atom. The molecule has 2 N–H and O–H groups in total. The lowest BCUT2D eigenvalue weighted by Crippen LogP contribution is -3.15. The molecule has 2 heterocycles. The zero-order valence-electron chi connectivity index (χ0n) is 19.9. The van der Waals surface area contributed by atoms with Gasteiger partial charge in [0.2, 0.25) is 0 Å². The lowest BCUT2D eigenvalue weighted by molar-refractivity contribution is -0.911. The van der Waals surface area contributed by atoms with Gasteiger partial charge in [-0.2, -0.15) is 0 Å². The van der Waals surface area contributed by atoms with Crippen molar-refractivity contribution < 1.29 is 14.7 Å². The topological polar surface area (TPSA) is 38.8 Å². The largest absolute Gasteiger partial charge is 0.385 e. The smallest absolute Gasteiger partial charge is 0.121 e. The first kappa shape index (κ1) is 22.1. The number of benzene rings is 4. The van der Waals surface area contributed by atoms with E-state index in [-0.39, 0.29) is 0 Å². The third-order valence-electron chi connectivity index (χ3n) is 7.17. The molecule has 0 aliphatic carbocycles. The van der Waals surface area contributed by atoms with Crippen molar-refractivity contribution in [1.29, 1.82) is 0 Å². The molecular weight excluding hydrogens is 432 g/mol. The number of aliphatic hydroxyl groups is 1. The first-order valence-corrected chi connectivity index (χ1v) is 12.5. The Balaban J connectivity index is 1.59. The fourth-order valence-electron chi connectivity index (χ4n) is 5.57. The van der Waals surface area contributed by atoms with Crippen LogP contribution in [0.25, 0.3) is 44.1 Å². The average Bonchev–Trinajstić information content (AvgIpc) is 3.24. The molecule has 4 aromatic carbocycles. The Hall–Kier alpha value is -3.44. The maximum atomic E-state index is 11.4. The van der Waals surface area contributed by atoms with Gasteiger partial charge >= 0.3 is 0 Å². The van der Waals surface area contributed by atoms with E-state index in [1.165, 1.54) is 43.4 Å². The second kappa shape index (κ2) is 9.67. The normalized spacial score (nSPS) is 15.6. The van der Waals surface area contributed by atoms with Crippen LogP contribution < -0.4 is 4.90 Å². The van der Waals surface area contributed by atoms with Crippen molar-refractivity contribution in [3.8, 4) is 22.4 Å². The van der Waals surface area contributed by atoms with E-state index < -0.39 is 6.10 Å². The quantitative estimate of drug-likeness (QED) is 0.392. The van der Waals surface area contributed by atoms with Crippen LogP contribution in [-0.4, -0.2) is 48.6 Å². The highest BCUT2D eigenvalue weighted by Crippen LogP contribution is 2.43. The molecule has 1 aromatic heterocycles. The molecule has 0 radical (unpaired) electrons. The van der Waals surface area contributed by atoms with Crippen LogP contribution in [0.3, 0.4) is 0 Å². The van der Waals surface area contributed by atoms with Gasteiger partial charge in [-0.25, -0.2) is 0 Å². The van der Waals surface area contributed by atoms with Crippen molar-refractivity contribution in [2.75, 3.05) is 32.8 Å². The first-order valence-electron chi connectivity index (χ1n) is 12.5. The average molecular weight is 464 g/mol. The predicted molar refractivity (Wildman–Crippen MR) is 143 cm³/mol. The van der Waals surface area contributed by atoms with E-state index in [4.69, 9.17) is 4.74 Å². The van der Waals surface area contributed by atoms with Crippen LogP contribution >= 0.6 is 0 Å². The van der Waals surface area contributed by atoms with E-state index in [1.807, 2.05) is 0 Å². The highest BCUT2D eigenvalue weighted by atomic mass is 16.5. The van der Waals surface area contributed by atoms with Gasteiger partial charge in [0, 0.05) is 16.3 Å². The lowest BCUT2D eigenvalue weighted by atomic mass is 9.97. The first-order chi connectivity index (χ1) is 17.3. The number of nitrogens with one attached hydrogen (secondary N) is 1. The molecule has 6 rings (SSSR count). The highest BCUT2D eigenvalue weighted by molar-refractivity contribution is 6.15. The summed E-state index contributed by atoms with van der Waals surface area (Å²) in [6, 6.07) is 34.3. The van der Waals surface area contributed by atoms with Crippen LogP contribution in [0.15, 0.2) is 97.1 Å². The van der Waals surface area contributed by atoms with Gasteiger partial charge in [-0.15, -0.1) is 0 Å². The zero-order chi connectivity index (χ0) is 23.6. The van der Waals surface area contributed by atoms with Crippen LogP contribution in [0, 0.1) is 0 Å². The SMILES string of the molecule is O[C@@H](Cn1c(-c2ccccc2)c(-c2ccccc2)c2ccc3ccccc3c21)C[NH+]1CCOCC1. The molecule has 0 unspecified atom stereocenters. The van der Waals surface area contributed by atoms with Gasteiger partial charge in [0.1, 0.15) is 25.7 Å². The molecule has 0 amide bonds. The molecule has 0 saturated carbocycles. The number of fused-ring (bicyclic) bond motifs is 3. The van der Waals surface area contributed by atoms with E-state index >= 15 is 0 Å². The molecule has 0 bridgehead atoms. The minimum absolute atomic E-state index is 0.455. The van der Waals surface area contributed by atoms with Crippen molar-refractivity contribution in [1.82, 2.24) is 4.57 Å². The number of nitrogens with zero attached hydrogens (tertiary/aromatic N) is 1.